The van der Waals surface area contributed by atoms with Crippen LogP contribution < -0.4 is 92.1 Å². The lowest BCUT2D eigenvalue weighted by molar-refractivity contribution is -0.310. The second-order valence-corrected chi connectivity index (χ2v) is 28.7. The van der Waals surface area contributed by atoms with E-state index in [0.717, 1.165) is 18.1 Å². The molecule has 48 nitrogen and oxygen atoms in total. The molecule has 0 saturated carbocycles. The van der Waals surface area contributed by atoms with E-state index in [4.69, 9.17) is 36.8 Å². The van der Waals surface area contributed by atoms with Crippen molar-refractivity contribution in [2.75, 3.05) is 59.0 Å². The van der Waals surface area contributed by atoms with Crippen LogP contribution in [0, 0.1) is 5.92 Å². The van der Waals surface area contributed by atoms with Gasteiger partial charge >= 0.3 is 17.9 Å². The van der Waals surface area contributed by atoms with Gasteiger partial charge in [-0.25, -0.2) is 9.78 Å². The van der Waals surface area contributed by atoms with Gasteiger partial charge in [0.05, 0.1) is 51.5 Å². The van der Waals surface area contributed by atoms with Crippen molar-refractivity contribution in [1.29, 1.82) is 0 Å². The van der Waals surface area contributed by atoms with Crippen molar-refractivity contribution in [3.05, 3.63) is 53.7 Å². The molecule has 2 aromatic rings. The summed E-state index contributed by atoms with van der Waals surface area (Å²) in [6, 6.07) is -7.16. The molecular weight excluding hydrogens is 1610 g/mol. The van der Waals surface area contributed by atoms with Crippen LogP contribution >= 0.6 is 0 Å². The Kier molecular flexibility index (Phi) is 43.6. The molecule has 1 aromatic carbocycles. The van der Waals surface area contributed by atoms with Gasteiger partial charge < -0.3 is 152 Å². The molecular formula is C73H113N19O29. The Labute approximate surface area is 693 Å². The Morgan fingerprint density at radius 1 is 0.579 bits per heavy atom. The van der Waals surface area contributed by atoms with Gasteiger partial charge in [0.25, 0.3) is 5.91 Å². The summed E-state index contributed by atoms with van der Waals surface area (Å²) in [5.74, 6) is -19.7. The summed E-state index contributed by atoms with van der Waals surface area (Å²) >= 11 is 0. The third-order valence-electron chi connectivity index (χ3n) is 19.4. The lowest BCUT2D eigenvalue weighted by atomic mass is 9.99. The van der Waals surface area contributed by atoms with Gasteiger partial charge in [0.1, 0.15) is 85.1 Å². The summed E-state index contributed by atoms with van der Waals surface area (Å²) in [7, 11) is 0. The molecule has 48 heteroatoms. The van der Waals surface area contributed by atoms with Gasteiger partial charge in [-0.15, -0.1) is 0 Å². The van der Waals surface area contributed by atoms with E-state index < -0.39 is 294 Å². The molecule has 674 valence electrons. The fourth-order valence-electron chi connectivity index (χ4n) is 12.3. The molecule has 121 heavy (non-hydrogen) atoms. The monoisotopic (exact) mass is 1720 g/mol. The number of aliphatic hydroxyl groups is 5. The SMILES string of the molecule is CC[C@H](C)[C@H](NC(=O)CN)c1nc(C(=O)N[C@@H](C)C(=O)NCC(=O)N[C@@H](Cc2ccccc2)C(=O)N[C@@H](CC[C@H](CN)O[C@@H]2O[C@H](CO)[C@H](O)[C@H](O)[C@H]2O)C(=O)NCC(=O)N[C@@H](CCC(=O)O)C(=O)N[C@@H](CCC(N)=O)C(=O)NCC(=O)N2CCC[C@H]2C(=O)N[C@@H](CCCCN)C(=O)NCC(=O)N[C@@H](CCC(=O)O)C(=O)N[C@H](C(=O)O)[C@@H](C)O)co1. The number of ether oxygens (including phenoxy) is 2. The number of primary amides is 1. The summed E-state index contributed by atoms with van der Waals surface area (Å²) in [5.41, 5.74) is 22.8. The van der Waals surface area contributed by atoms with Gasteiger partial charge in [-0.3, -0.25) is 81.5 Å². The molecule has 2 fully saturated rings. The Balaban J connectivity index is 1.51. The standard InChI is InChI=1S/C73H113N19O29/c1-5-35(2)57(90-50(96)28-76)71-89-46(34-119-71)69(115)82-36(3)62(108)78-29-53(99)85-45(26-38-12-7-6-8-13-38)68(114)87-41(17-16-39(27-75)120-73-61(107)60(106)59(105)48(33-93)121-73)64(110)80-31-51(97)83-43(19-22-55(101)102)66(112)86-42(18-21-49(77)95)65(111)81-32-54(100)92-25-11-15-47(92)70(116)88-40(14-9-10-24-74)63(109)79-30-52(98)84-44(20-23-56(103)104)67(113)91-58(37(4)94)72(117)118/h6-8,12-13,34-37,39-45,47-48,57-61,73,93-94,105-107H,5,9-11,14-33,74-76H2,1-4H3,(H2,77,95)(H,78,108)(H,79,109)(H,80,110)(H,81,111)(H,82,115)(H,83,97)(H,84,98)(H,85,99)(H,86,112)(H,87,114)(H,88,116)(H,90,96)(H,91,113)(H,101,102)(H,103,104)(H,117,118)/t35-,36-,37+,39+,40-,41-,42-,43-,44-,45-,47-,48+,57-,58-,59-,60-,61+,73+/m0/s1. The molecule has 3 heterocycles. The van der Waals surface area contributed by atoms with Crippen LogP contribution in [0.3, 0.4) is 0 Å². The number of nitrogens with two attached hydrogens (primary N) is 4. The predicted octanol–water partition coefficient (Wildman–Crippen LogP) is -10.4. The first kappa shape index (κ1) is 102. The van der Waals surface area contributed by atoms with Crippen molar-refractivity contribution in [2.24, 2.45) is 28.9 Å². The number of carboxylic acids is 3. The van der Waals surface area contributed by atoms with Crippen LogP contribution in [0.15, 0.2) is 41.0 Å². The van der Waals surface area contributed by atoms with Crippen LogP contribution in [0.25, 0.3) is 0 Å². The van der Waals surface area contributed by atoms with E-state index in [9.17, 15) is 127 Å². The zero-order valence-corrected chi connectivity index (χ0v) is 67.2. The summed E-state index contributed by atoms with van der Waals surface area (Å²) in [6.07, 6.45) is -14.2. The van der Waals surface area contributed by atoms with Crippen molar-refractivity contribution in [2.45, 2.75) is 227 Å². The highest BCUT2D eigenvalue weighted by Gasteiger charge is 2.46. The number of hydrogen-bond acceptors (Lipinski definition) is 30. The van der Waals surface area contributed by atoms with Crippen molar-refractivity contribution < 1.29 is 141 Å². The molecule has 0 radical (unpaired) electrons. The molecule has 2 aliphatic heterocycles. The molecule has 4 rings (SSSR count). The number of amides is 15. The van der Waals surface area contributed by atoms with Crippen molar-refractivity contribution in [1.82, 2.24) is 79.0 Å². The van der Waals surface area contributed by atoms with Gasteiger partial charge in [0, 0.05) is 38.8 Å². The first-order valence-corrected chi connectivity index (χ1v) is 39.0. The summed E-state index contributed by atoms with van der Waals surface area (Å²) in [5, 5.41) is 110. The first-order valence-electron chi connectivity index (χ1n) is 39.0. The average Bonchev–Trinajstić information content (AvgIpc) is 1.61. The molecule has 18 atom stereocenters. The number of aromatic nitrogens is 1. The Morgan fingerprint density at radius 2 is 1.10 bits per heavy atom. The number of unbranched alkanes of at least 4 members (excludes halogenated alkanes) is 1. The van der Waals surface area contributed by atoms with E-state index in [2.05, 4.69) is 68.8 Å². The molecule has 0 aliphatic carbocycles. The molecule has 1 aromatic heterocycles. The Bertz CT molecular complexity index is 3880. The third kappa shape index (κ3) is 34.6. The molecule has 0 spiro atoms. The number of nitrogens with one attached hydrogen (secondary N) is 13. The summed E-state index contributed by atoms with van der Waals surface area (Å²) in [4.78, 5) is 243. The number of likely N-dealkylation sites (tertiary alicyclic amines) is 1. The molecule has 0 unspecified atom stereocenters. The minimum atomic E-state index is -1.92. The van der Waals surface area contributed by atoms with E-state index in [0.29, 0.717) is 18.4 Å². The van der Waals surface area contributed by atoms with Crippen LogP contribution in [-0.2, 0) is 97.4 Å². The number of benzene rings is 1. The van der Waals surface area contributed by atoms with Crippen LogP contribution in [-0.4, -0.2) is 314 Å². The van der Waals surface area contributed by atoms with E-state index in [1.54, 1.807) is 37.3 Å². The van der Waals surface area contributed by atoms with E-state index in [1.807, 2.05) is 12.2 Å². The fourth-order valence-corrected chi connectivity index (χ4v) is 12.3. The maximum atomic E-state index is 14.6. The first-order chi connectivity index (χ1) is 57.2. The molecule has 29 N–H and O–H groups in total. The van der Waals surface area contributed by atoms with Gasteiger partial charge in [0.2, 0.25) is 88.6 Å². The second-order valence-electron chi connectivity index (χ2n) is 28.7. The number of oxazole rings is 1. The smallest absolute Gasteiger partial charge is 0.328 e. The second kappa shape index (κ2) is 51.8. The van der Waals surface area contributed by atoms with E-state index in [-0.39, 0.29) is 75.7 Å². The van der Waals surface area contributed by atoms with Gasteiger partial charge in [-0.1, -0.05) is 50.6 Å². The molecule has 0 bridgehead atoms. The Hall–Kier alpha value is -11.5. The number of carboxylic acid groups (broad SMARTS) is 3. The normalized spacial score (nSPS) is 19.2. The van der Waals surface area contributed by atoms with Gasteiger partial charge in [-0.2, -0.15) is 0 Å². The van der Waals surface area contributed by atoms with E-state index >= 15 is 0 Å². The third-order valence-corrected chi connectivity index (χ3v) is 19.4. The summed E-state index contributed by atoms with van der Waals surface area (Å²) in [6.45, 7) is 0.910. The predicted molar refractivity (Wildman–Crippen MR) is 415 cm³/mol. The number of rotatable bonds is 54. The Morgan fingerprint density at radius 3 is 1.62 bits per heavy atom. The zero-order chi connectivity index (χ0) is 90.3. The summed E-state index contributed by atoms with van der Waals surface area (Å²) < 4.78 is 16.8. The zero-order valence-electron chi connectivity index (χ0n) is 67.2. The molecule has 2 saturated heterocycles. The van der Waals surface area contributed by atoms with Crippen LogP contribution in [0.5, 0.6) is 0 Å². The molecule has 15 amide bonds. The van der Waals surface area contributed by atoms with E-state index in [1.165, 1.54) is 6.92 Å². The quantitative estimate of drug-likeness (QED) is 0.0274. The topological polar surface area (TPSA) is 777 Å². The van der Waals surface area contributed by atoms with Gasteiger partial charge in [-0.05, 0) is 96.1 Å². The lowest BCUT2D eigenvalue weighted by Crippen LogP contribution is -2.60. The minimum absolute atomic E-state index is 0.00984. The number of nitrogens with zero attached hydrogens (tertiary/aromatic N) is 2. The lowest BCUT2D eigenvalue weighted by Gasteiger charge is -2.40. The highest BCUT2D eigenvalue weighted by Crippen LogP contribution is 2.26. The minimum Gasteiger partial charge on any atom is -0.481 e. The van der Waals surface area contributed by atoms with Crippen LogP contribution in [0.1, 0.15) is 146 Å². The van der Waals surface area contributed by atoms with Gasteiger partial charge in [0.15, 0.2) is 18.0 Å². The van der Waals surface area contributed by atoms with Crippen molar-refractivity contribution >= 4 is 107 Å². The maximum Gasteiger partial charge on any atom is 0.328 e. The van der Waals surface area contributed by atoms with Crippen LogP contribution in [0.2, 0.25) is 0 Å². The highest BCUT2D eigenvalue weighted by molar-refractivity contribution is 6.00. The number of aliphatic carboxylic acids is 3. The number of carbonyl (C=O) groups is 18. The number of aliphatic hydroxyl groups excluding tert-OH is 5. The van der Waals surface area contributed by atoms with Crippen molar-refractivity contribution in [3.8, 4) is 0 Å². The number of carbonyl (C=O) groups excluding carboxylic acids is 15. The van der Waals surface area contributed by atoms with Crippen LogP contribution in [0.4, 0.5) is 0 Å². The molecule has 2 aliphatic rings. The fraction of sp³-hybridized carbons (Fsp3) is 0.630. The van der Waals surface area contributed by atoms with Crippen molar-refractivity contribution in [3.63, 3.8) is 0 Å². The maximum absolute atomic E-state index is 14.6. The number of hydrogen-bond donors (Lipinski definition) is 25. The average molecular weight is 1720 g/mol. The highest BCUT2D eigenvalue weighted by atomic mass is 16.7. The largest absolute Gasteiger partial charge is 0.481 e.